The standard InChI is InChI=1S/C13H20Cl2N2O3S/c1-2-3-8-20-9-4-7-17-21(18,19)11-6-5-10(14)13(16)12(11)15/h5-6,17H,2-4,7-9,16H2,1H3. The topological polar surface area (TPSA) is 81.4 Å². The Morgan fingerprint density at radius 2 is 1.90 bits per heavy atom. The van der Waals surface area contributed by atoms with Gasteiger partial charge in [0.25, 0.3) is 0 Å². The second-order valence-electron chi connectivity index (χ2n) is 4.49. The zero-order valence-electron chi connectivity index (χ0n) is 11.9. The molecular formula is C13H20Cl2N2O3S. The van der Waals surface area contributed by atoms with Gasteiger partial charge in [-0.25, -0.2) is 13.1 Å². The first kappa shape index (κ1) is 18.5. The van der Waals surface area contributed by atoms with Gasteiger partial charge < -0.3 is 10.5 Å². The van der Waals surface area contributed by atoms with Crippen molar-refractivity contribution in [1.29, 1.82) is 0 Å². The van der Waals surface area contributed by atoms with Crippen LogP contribution in [0, 0.1) is 0 Å². The third-order valence-corrected chi connectivity index (χ3v) is 5.13. The Labute approximate surface area is 135 Å². The molecule has 21 heavy (non-hydrogen) atoms. The van der Waals surface area contributed by atoms with Crippen molar-refractivity contribution >= 4 is 38.9 Å². The predicted octanol–water partition coefficient (Wildman–Crippen LogP) is 3.06. The summed E-state index contributed by atoms with van der Waals surface area (Å²) in [5.41, 5.74) is 5.69. The summed E-state index contributed by atoms with van der Waals surface area (Å²) in [5.74, 6) is 0. The van der Waals surface area contributed by atoms with E-state index >= 15 is 0 Å². The van der Waals surface area contributed by atoms with Crippen molar-refractivity contribution in [3.8, 4) is 0 Å². The lowest BCUT2D eigenvalue weighted by Gasteiger charge is -2.10. The van der Waals surface area contributed by atoms with E-state index in [1.165, 1.54) is 12.1 Å². The molecule has 1 aromatic carbocycles. The van der Waals surface area contributed by atoms with Crippen molar-refractivity contribution in [3.63, 3.8) is 0 Å². The van der Waals surface area contributed by atoms with Gasteiger partial charge in [-0.15, -0.1) is 0 Å². The van der Waals surface area contributed by atoms with Crippen molar-refractivity contribution in [3.05, 3.63) is 22.2 Å². The van der Waals surface area contributed by atoms with Gasteiger partial charge in [-0.1, -0.05) is 36.5 Å². The van der Waals surface area contributed by atoms with Gasteiger partial charge in [0.15, 0.2) is 0 Å². The lowest BCUT2D eigenvalue weighted by atomic mass is 10.3. The van der Waals surface area contributed by atoms with Gasteiger partial charge in [0.1, 0.15) is 4.90 Å². The molecule has 1 aromatic rings. The molecule has 0 unspecified atom stereocenters. The van der Waals surface area contributed by atoms with Crippen LogP contribution in [0.15, 0.2) is 17.0 Å². The second kappa shape index (κ2) is 8.80. The minimum Gasteiger partial charge on any atom is -0.396 e. The van der Waals surface area contributed by atoms with Gasteiger partial charge in [-0.3, -0.25) is 0 Å². The highest BCUT2D eigenvalue weighted by atomic mass is 35.5. The Balaban J connectivity index is 2.53. The fourth-order valence-electron chi connectivity index (χ4n) is 1.56. The van der Waals surface area contributed by atoms with Crippen molar-refractivity contribution < 1.29 is 13.2 Å². The number of nitrogen functional groups attached to an aromatic ring is 1. The van der Waals surface area contributed by atoms with Gasteiger partial charge >= 0.3 is 0 Å². The van der Waals surface area contributed by atoms with Crippen molar-refractivity contribution in [2.24, 2.45) is 0 Å². The molecule has 0 amide bonds. The third kappa shape index (κ3) is 5.64. The van der Waals surface area contributed by atoms with E-state index in [9.17, 15) is 8.42 Å². The Hall–Kier alpha value is -0.530. The molecule has 0 saturated carbocycles. The molecule has 1 rings (SSSR count). The first-order valence-electron chi connectivity index (χ1n) is 6.71. The van der Waals surface area contributed by atoms with Crippen LogP contribution in [-0.4, -0.2) is 28.2 Å². The molecular weight excluding hydrogens is 335 g/mol. The molecule has 5 nitrogen and oxygen atoms in total. The lowest BCUT2D eigenvalue weighted by molar-refractivity contribution is 0.130. The van der Waals surface area contributed by atoms with Crippen LogP contribution in [0.2, 0.25) is 10.0 Å². The largest absolute Gasteiger partial charge is 0.396 e. The first-order chi connectivity index (χ1) is 9.90. The summed E-state index contributed by atoms with van der Waals surface area (Å²) in [7, 11) is -3.70. The third-order valence-electron chi connectivity index (χ3n) is 2.78. The summed E-state index contributed by atoms with van der Waals surface area (Å²) < 4.78 is 32.1. The molecule has 0 aliphatic rings. The van der Waals surface area contributed by atoms with E-state index in [1.54, 1.807) is 0 Å². The second-order valence-corrected chi connectivity index (χ2v) is 7.01. The summed E-state index contributed by atoms with van der Waals surface area (Å²) in [4.78, 5) is -0.0713. The van der Waals surface area contributed by atoms with Gasteiger partial charge in [0.05, 0.1) is 15.7 Å². The SMILES string of the molecule is CCCCOCCCNS(=O)(=O)c1ccc(Cl)c(N)c1Cl. The summed E-state index contributed by atoms with van der Waals surface area (Å²) in [6.07, 6.45) is 2.66. The average molecular weight is 355 g/mol. The van der Waals surface area contributed by atoms with Crippen LogP contribution in [-0.2, 0) is 14.8 Å². The van der Waals surface area contributed by atoms with E-state index in [-0.39, 0.29) is 27.2 Å². The first-order valence-corrected chi connectivity index (χ1v) is 8.95. The Morgan fingerprint density at radius 3 is 2.57 bits per heavy atom. The molecule has 0 radical (unpaired) electrons. The maximum Gasteiger partial charge on any atom is 0.242 e. The van der Waals surface area contributed by atoms with Crippen LogP contribution in [0.25, 0.3) is 0 Å². The molecule has 0 aromatic heterocycles. The lowest BCUT2D eigenvalue weighted by Crippen LogP contribution is -2.26. The molecule has 8 heteroatoms. The average Bonchev–Trinajstić information content (AvgIpc) is 2.43. The summed E-state index contributed by atoms with van der Waals surface area (Å²) >= 11 is 11.7. The molecule has 0 aliphatic heterocycles. The number of rotatable bonds is 9. The molecule has 0 heterocycles. The Kier molecular flexibility index (Phi) is 7.76. The van der Waals surface area contributed by atoms with E-state index < -0.39 is 10.0 Å². The maximum atomic E-state index is 12.1. The van der Waals surface area contributed by atoms with Gasteiger partial charge in [0, 0.05) is 19.8 Å². The highest BCUT2D eigenvalue weighted by Gasteiger charge is 2.20. The number of benzene rings is 1. The van der Waals surface area contributed by atoms with E-state index in [0.29, 0.717) is 19.6 Å². The number of sulfonamides is 1. The smallest absolute Gasteiger partial charge is 0.242 e. The number of unbranched alkanes of at least 4 members (excludes halogenated alkanes) is 1. The Morgan fingerprint density at radius 1 is 1.24 bits per heavy atom. The fraction of sp³-hybridized carbons (Fsp3) is 0.538. The molecule has 120 valence electrons. The summed E-state index contributed by atoms with van der Waals surface area (Å²) in [6, 6.07) is 2.74. The van der Waals surface area contributed by atoms with Crippen LogP contribution < -0.4 is 10.5 Å². The maximum absolute atomic E-state index is 12.1. The number of nitrogens with one attached hydrogen (secondary N) is 1. The highest BCUT2D eigenvalue weighted by Crippen LogP contribution is 2.32. The van der Waals surface area contributed by atoms with Gasteiger partial charge in [-0.05, 0) is 25.0 Å². The number of anilines is 1. The summed E-state index contributed by atoms with van der Waals surface area (Å²) in [6.45, 7) is 3.56. The zero-order valence-corrected chi connectivity index (χ0v) is 14.2. The Bertz CT molecular complexity index is 565. The molecule has 0 atom stereocenters. The molecule has 0 aliphatic carbocycles. The van der Waals surface area contributed by atoms with Gasteiger partial charge in [0.2, 0.25) is 10.0 Å². The van der Waals surface area contributed by atoms with Gasteiger partial charge in [-0.2, -0.15) is 0 Å². The minimum atomic E-state index is -3.70. The quantitative estimate of drug-likeness (QED) is 0.527. The monoisotopic (exact) mass is 354 g/mol. The van der Waals surface area contributed by atoms with Crippen LogP contribution in [0.3, 0.4) is 0 Å². The van der Waals surface area contributed by atoms with Crippen molar-refractivity contribution in [2.75, 3.05) is 25.5 Å². The normalized spacial score (nSPS) is 11.8. The highest BCUT2D eigenvalue weighted by molar-refractivity contribution is 7.89. The number of ether oxygens (including phenoxy) is 1. The van der Waals surface area contributed by atoms with Crippen LogP contribution in [0.1, 0.15) is 26.2 Å². The molecule has 0 saturated heterocycles. The zero-order chi connectivity index (χ0) is 15.9. The van der Waals surface area contributed by atoms with E-state index in [2.05, 4.69) is 11.6 Å². The van der Waals surface area contributed by atoms with E-state index in [1.807, 2.05) is 0 Å². The predicted molar refractivity (Wildman–Crippen MR) is 86.4 cm³/mol. The summed E-state index contributed by atoms with van der Waals surface area (Å²) in [5, 5.41) is 0.164. The van der Waals surface area contributed by atoms with E-state index in [4.69, 9.17) is 33.7 Å². The van der Waals surface area contributed by atoms with Crippen LogP contribution >= 0.6 is 23.2 Å². The fourth-order valence-corrected chi connectivity index (χ4v) is 3.40. The molecule has 0 spiro atoms. The van der Waals surface area contributed by atoms with E-state index in [0.717, 1.165) is 12.8 Å². The van der Waals surface area contributed by atoms with Crippen molar-refractivity contribution in [2.45, 2.75) is 31.1 Å². The minimum absolute atomic E-state index is 0.0594. The van der Waals surface area contributed by atoms with Crippen LogP contribution in [0.5, 0.6) is 0 Å². The molecule has 3 N–H and O–H groups in total. The van der Waals surface area contributed by atoms with Crippen LogP contribution in [0.4, 0.5) is 5.69 Å². The molecule has 0 bridgehead atoms. The number of halogens is 2. The number of hydrogen-bond acceptors (Lipinski definition) is 4. The number of nitrogens with two attached hydrogens (primary N) is 1. The molecule has 0 fully saturated rings. The number of hydrogen-bond donors (Lipinski definition) is 2. The van der Waals surface area contributed by atoms with Crippen molar-refractivity contribution in [1.82, 2.24) is 4.72 Å².